The number of hydrogen-bond donors (Lipinski definition) is 0. The summed E-state index contributed by atoms with van der Waals surface area (Å²) in [5.41, 5.74) is 2.06. The van der Waals surface area contributed by atoms with Crippen LogP contribution < -0.4 is 11.2 Å². The van der Waals surface area contributed by atoms with Crippen molar-refractivity contribution in [3.8, 4) is 0 Å². The molecule has 0 radical (unpaired) electrons. The van der Waals surface area contributed by atoms with Gasteiger partial charge >= 0.3 is 11.7 Å². The molecule has 0 unspecified atom stereocenters. The molecule has 4 rings (SSSR count). The second-order valence-corrected chi connectivity index (χ2v) is 8.06. The zero-order valence-electron chi connectivity index (χ0n) is 19.0. The Balaban J connectivity index is 1.77. The van der Waals surface area contributed by atoms with Gasteiger partial charge in [0.2, 0.25) is 0 Å². The lowest BCUT2D eigenvalue weighted by Crippen LogP contribution is -2.28. The molecule has 8 nitrogen and oxygen atoms in total. The van der Waals surface area contributed by atoms with Crippen molar-refractivity contribution in [3.05, 3.63) is 75.2 Å². The van der Waals surface area contributed by atoms with Crippen LogP contribution >= 0.6 is 0 Å². The maximum absolute atomic E-state index is 13.3. The molecule has 0 amide bonds. The standard InChI is InChI=1S/C25H28N4O4/c1-3-14-28-21-12-6-7-13-22(21)29(25(28)32)17-23-26-24(31)19-10-4-5-11-20(19)27(23)15-8-9-16-33-18(2)30/h4-7,10-13H,3,8-9,14-17H2,1-2H3. The van der Waals surface area contributed by atoms with E-state index in [1.165, 1.54) is 6.92 Å². The van der Waals surface area contributed by atoms with Gasteiger partial charge in [0.15, 0.2) is 0 Å². The van der Waals surface area contributed by atoms with E-state index in [0.29, 0.717) is 37.3 Å². The first-order chi connectivity index (χ1) is 16.0. The topological polar surface area (TPSA) is 88.1 Å². The lowest BCUT2D eigenvalue weighted by molar-refractivity contribution is -0.141. The molecule has 0 saturated heterocycles. The highest BCUT2D eigenvalue weighted by molar-refractivity contribution is 5.78. The molecule has 2 aromatic carbocycles. The Morgan fingerprint density at radius 3 is 2.24 bits per heavy atom. The summed E-state index contributed by atoms with van der Waals surface area (Å²) in [4.78, 5) is 41.5. The van der Waals surface area contributed by atoms with Crippen LogP contribution in [0.4, 0.5) is 0 Å². The number of rotatable bonds is 9. The second-order valence-electron chi connectivity index (χ2n) is 8.06. The third kappa shape index (κ3) is 4.60. The molecule has 0 fully saturated rings. The number of aromatic nitrogens is 4. The number of ether oxygens (including phenoxy) is 1. The highest BCUT2D eigenvalue weighted by Gasteiger charge is 2.16. The van der Waals surface area contributed by atoms with Crippen molar-refractivity contribution in [2.24, 2.45) is 0 Å². The lowest BCUT2D eigenvalue weighted by atomic mass is 10.2. The third-order valence-electron chi connectivity index (χ3n) is 5.72. The van der Waals surface area contributed by atoms with E-state index in [9.17, 15) is 14.4 Å². The van der Waals surface area contributed by atoms with Crippen LogP contribution in [0.2, 0.25) is 0 Å². The van der Waals surface area contributed by atoms with Crippen LogP contribution in [0.5, 0.6) is 0 Å². The van der Waals surface area contributed by atoms with Crippen LogP contribution in [0.3, 0.4) is 0 Å². The summed E-state index contributed by atoms with van der Waals surface area (Å²) in [5, 5.41) is 0.544. The van der Waals surface area contributed by atoms with E-state index in [1.807, 2.05) is 54.0 Å². The van der Waals surface area contributed by atoms with Gasteiger partial charge < -0.3 is 9.30 Å². The van der Waals surface area contributed by atoms with Crippen LogP contribution in [-0.4, -0.2) is 31.3 Å². The predicted molar refractivity (Wildman–Crippen MR) is 127 cm³/mol. The minimum Gasteiger partial charge on any atom is -0.466 e. The van der Waals surface area contributed by atoms with E-state index in [-0.39, 0.29) is 23.8 Å². The molecule has 33 heavy (non-hydrogen) atoms. The largest absolute Gasteiger partial charge is 0.466 e. The van der Waals surface area contributed by atoms with E-state index in [2.05, 4.69) is 4.98 Å². The summed E-state index contributed by atoms with van der Waals surface area (Å²) in [6.45, 7) is 5.19. The van der Waals surface area contributed by atoms with Gasteiger partial charge in [-0.2, -0.15) is 4.98 Å². The number of hydrogen-bond acceptors (Lipinski definition) is 5. The summed E-state index contributed by atoms with van der Waals surface area (Å²) in [6, 6.07) is 15.1. The van der Waals surface area contributed by atoms with Gasteiger partial charge in [0.05, 0.1) is 35.1 Å². The molecule has 2 aromatic heterocycles. The predicted octanol–water partition coefficient (Wildman–Crippen LogP) is 3.31. The van der Waals surface area contributed by atoms with Gasteiger partial charge in [0.1, 0.15) is 5.82 Å². The van der Waals surface area contributed by atoms with Gasteiger partial charge in [-0.1, -0.05) is 31.2 Å². The fourth-order valence-electron chi connectivity index (χ4n) is 4.23. The fourth-order valence-corrected chi connectivity index (χ4v) is 4.23. The van der Waals surface area contributed by atoms with Gasteiger partial charge in [0.25, 0.3) is 5.56 Å². The Kier molecular flexibility index (Phi) is 6.72. The van der Waals surface area contributed by atoms with Crippen molar-refractivity contribution in [1.29, 1.82) is 0 Å². The molecule has 0 atom stereocenters. The molecule has 0 aliphatic rings. The second kappa shape index (κ2) is 9.85. The summed E-state index contributed by atoms with van der Waals surface area (Å²) >= 11 is 0. The van der Waals surface area contributed by atoms with Gasteiger partial charge in [-0.15, -0.1) is 0 Å². The highest BCUT2D eigenvalue weighted by Crippen LogP contribution is 2.17. The van der Waals surface area contributed by atoms with Gasteiger partial charge in [-0.05, 0) is 43.5 Å². The SMILES string of the molecule is CCCn1c(=O)n(Cc2nc(=O)c3ccccc3n2CCCCOC(C)=O)c2ccccc21. The van der Waals surface area contributed by atoms with Crippen LogP contribution in [0, 0.1) is 0 Å². The number of unbranched alkanes of at least 4 members (excludes halogenated alkanes) is 1. The molecular formula is C25H28N4O4. The van der Waals surface area contributed by atoms with E-state index >= 15 is 0 Å². The first-order valence-corrected chi connectivity index (χ1v) is 11.3. The zero-order valence-corrected chi connectivity index (χ0v) is 19.0. The van der Waals surface area contributed by atoms with Gasteiger partial charge in [0, 0.05) is 20.0 Å². The number of benzene rings is 2. The first-order valence-electron chi connectivity index (χ1n) is 11.3. The molecular weight excluding hydrogens is 420 g/mol. The minimum absolute atomic E-state index is 0.109. The Morgan fingerprint density at radius 1 is 0.879 bits per heavy atom. The van der Waals surface area contributed by atoms with E-state index in [4.69, 9.17) is 4.74 Å². The zero-order chi connectivity index (χ0) is 23.4. The Morgan fingerprint density at radius 2 is 1.55 bits per heavy atom. The number of para-hydroxylation sites is 3. The summed E-state index contributed by atoms with van der Waals surface area (Å²) < 4.78 is 10.5. The van der Waals surface area contributed by atoms with Gasteiger partial charge in [-0.3, -0.25) is 18.7 Å². The molecule has 0 spiro atoms. The monoisotopic (exact) mass is 448 g/mol. The van der Waals surface area contributed by atoms with Crippen LogP contribution in [0.25, 0.3) is 21.9 Å². The lowest BCUT2D eigenvalue weighted by Gasteiger charge is -2.16. The van der Waals surface area contributed by atoms with Crippen molar-refractivity contribution < 1.29 is 9.53 Å². The van der Waals surface area contributed by atoms with Crippen LogP contribution in [0.15, 0.2) is 58.1 Å². The number of carbonyl (C=O) groups is 1. The molecule has 2 heterocycles. The summed E-state index contributed by atoms with van der Waals surface area (Å²) in [7, 11) is 0. The van der Waals surface area contributed by atoms with Crippen LogP contribution in [0.1, 0.15) is 38.9 Å². The maximum atomic E-state index is 13.3. The quantitative estimate of drug-likeness (QED) is 0.290. The number of esters is 1. The van der Waals surface area contributed by atoms with Crippen LogP contribution in [-0.2, 0) is 29.2 Å². The van der Waals surface area contributed by atoms with Crippen molar-refractivity contribution in [1.82, 2.24) is 18.7 Å². The molecule has 0 aliphatic heterocycles. The Labute approximate surface area is 191 Å². The summed E-state index contributed by atoms with van der Waals surface area (Å²) in [5.74, 6) is 0.238. The molecule has 0 N–H and O–H groups in total. The Hall–Kier alpha value is -3.68. The molecule has 0 bridgehead atoms. The molecule has 8 heteroatoms. The highest BCUT2D eigenvalue weighted by atomic mass is 16.5. The van der Waals surface area contributed by atoms with Crippen molar-refractivity contribution in [2.75, 3.05) is 6.61 Å². The molecule has 0 saturated carbocycles. The average molecular weight is 449 g/mol. The number of carbonyl (C=O) groups excluding carboxylic acids is 1. The maximum Gasteiger partial charge on any atom is 0.329 e. The van der Waals surface area contributed by atoms with Crippen molar-refractivity contribution in [3.63, 3.8) is 0 Å². The number of fused-ring (bicyclic) bond motifs is 2. The minimum atomic E-state index is -0.304. The van der Waals surface area contributed by atoms with Gasteiger partial charge in [-0.25, -0.2) is 4.79 Å². The molecule has 4 aromatic rings. The van der Waals surface area contributed by atoms with E-state index < -0.39 is 0 Å². The smallest absolute Gasteiger partial charge is 0.329 e. The fraction of sp³-hybridized carbons (Fsp3) is 0.360. The van der Waals surface area contributed by atoms with Crippen molar-refractivity contribution in [2.45, 2.75) is 52.7 Å². The molecule has 172 valence electrons. The number of nitrogens with zero attached hydrogens (tertiary/aromatic N) is 4. The normalized spacial score (nSPS) is 11.3. The number of imidazole rings is 1. The van der Waals surface area contributed by atoms with E-state index in [0.717, 1.165) is 29.4 Å². The first kappa shape index (κ1) is 22.5. The average Bonchev–Trinajstić information content (AvgIpc) is 3.07. The number of aryl methyl sites for hydroxylation is 2. The molecule has 0 aliphatic carbocycles. The van der Waals surface area contributed by atoms with E-state index in [1.54, 1.807) is 15.2 Å². The van der Waals surface area contributed by atoms with Crippen molar-refractivity contribution >= 4 is 27.9 Å². The third-order valence-corrected chi connectivity index (χ3v) is 5.72. The summed E-state index contributed by atoms with van der Waals surface area (Å²) in [6.07, 6.45) is 2.27. The Bertz CT molecular complexity index is 1410.